The number of nitrogens with zero attached hydrogens (tertiary/aromatic N) is 1. The smallest absolute Gasteiger partial charge is 0.231 e. The maximum Gasteiger partial charge on any atom is 0.231 e. The fourth-order valence-corrected chi connectivity index (χ4v) is 3.01. The zero-order chi connectivity index (χ0) is 13.8. The molecule has 1 aromatic heterocycles. The molecular formula is C12H9Cl3N2OS. The van der Waals surface area contributed by atoms with E-state index in [0.29, 0.717) is 21.6 Å². The highest BCUT2D eigenvalue weighted by Crippen LogP contribution is 2.22. The molecule has 0 spiro atoms. The Morgan fingerprint density at radius 2 is 1.95 bits per heavy atom. The summed E-state index contributed by atoms with van der Waals surface area (Å²) in [7, 11) is 0. The van der Waals surface area contributed by atoms with Gasteiger partial charge in [-0.1, -0.05) is 23.2 Å². The fourth-order valence-electron chi connectivity index (χ4n) is 1.46. The molecule has 0 fully saturated rings. The molecule has 0 bridgehead atoms. The van der Waals surface area contributed by atoms with Crippen molar-refractivity contribution in [2.75, 3.05) is 5.32 Å². The van der Waals surface area contributed by atoms with Crippen LogP contribution in [0.15, 0.2) is 23.6 Å². The van der Waals surface area contributed by atoms with Crippen LogP contribution in [-0.2, 0) is 17.1 Å². The Morgan fingerprint density at radius 1 is 1.26 bits per heavy atom. The van der Waals surface area contributed by atoms with Gasteiger partial charge in [-0.2, -0.15) is 0 Å². The quantitative estimate of drug-likeness (QED) is 0.843. The van der Waals surface area contributed by atoms with Gasteiger partial charge in [-0.3, -0.25) is 4.79 Å². The molecule has 0 aliphatic rings. The number of thiazole rings is 1. The van der Waals surface area contributed by atoms with Crippen LogP contribution in [0, 0.1) is 0 Å². The van der Waals surface area contributed by atoms with Gasteiger partial charge >= 0.3 is 0 Å². The van der Waals surface area contributed by atoms with Gasteiger partial charge in [-0.25, -0.2) is 4.98 Å². The predicted molar refractivity (Wildman–Crippen MR) is 80.5 cm³/mol. The predicted octanol–water partition coefficient (Wildman–Crippen LogP) is 4.37. The average Bonchev–Trinajstić information content (AvgIpc) is 2.74. The minimum absolute atomic E-state index is 0.172. The second-order valence-corrected chi connectivity index (χ2v) is 5.83. The maximum absolute atomic E-state index is 11.8. The first-order valence-corrected chi connectivity index (χ1v) is 7.49. The zero-order valence-corrected chi connectivity index (χ0v) is 12.7. The number of anilines is 1. The molecule has 1 amide bonds. The third-order valence-corrected chi connectivity index (χ3v) is 3.80. The number of alkyl halides is 1. The summed E-state index contributed by atoms with van der Waals surface area (Å²) in [4.78, 5) is 16.1. The van der Waals surface area contributed by atoms with E-state index in [9.17, 15) is 4.79 Å². The number of nitrogens with one attached hydrogen (secondary N) is 1. The lowest BCUT2D eigenvalue weighted by Crippen LogP contribution is -2.14. The van der Waals surface area contributed by atoms with Crippen LogP contribution in [0.5, 0.6) is 0 Å². The maximum atomic E-state index is 11.8. The number of carbonyl (C=O) groups excluding carboxylic acids is 1. The Morgan fingerprint density at radius 3 is 2.53 bits per heavy atom. The van der Waals surface area contributed by atoms with Crippen molar-refractivity contribution in [3.63, 3.8) is 0 Å². The Labute approximate surface area is 129 Å². The summed E-state index contributed by atoms with van der Waals surface area (Å²) in [6.45, 7) is 0. The molecule has 1 heterocycles. The van der Waals surface area contributed by atoms with E-state index in [1.54, 1.807) is 18.2 Å². The Kier molecular flexibility index (Phi) is 5.05. The molecule has 2 aromatic rings. The summed E-state index contributed by atoms with van der Waals surface area (Å²) in [5.74, 6) is 0.177. The standard InChI is InChI=1S/C12H9Cl3N2OS/c13-5-10-6-19-12(17-10)4-11(18)16-9-2-7(14)1-8(15)3-9/h1-3,6H,4-5H2,(H,16,18). The van der Waals surface area contributed by atoms with Crippen molar-refractivity contribution in [1.82, 2.24) is 4.98 Å². The fraction of sp³-hybridized carbons (Fsp3) is 0.167. The highest BCUT2D eigenvalue weighted by Gasteiger charge is 2.09. The largest absolute Gasteiger partial charge is 0.326 e. The lowest BCUT2D eigenvalue weighted by atomic mass is 10.3. The van der Waals surface area contributed by atoms with E-state index in [4.69, 9.17) is 34.8 Å². The molecule has 0 atom stereocenters. The van der Waals surface area contributed by atoms with Gasteiger partial charge in [0.1, 0.15) is 5.01 Å². The topological polar surface area (TPSA) is 42.0 Å². The summed E-state index contributed by atoms with van der Waals surface area (Å²) in [5.41, 5.74) is 1.34. The third kappa shape index (κ3) is 4.35. The van der Waals surface area contributed by atoms with Crippen molar-refractivity contribution >= 4 is 57.7 Å². The molecule has 0 aliphatic carbocycles. The first-order chi connectivity index (χ1) is 9.06. The summed E-state index contributed by atoms with van der Waals surface area (Å²) >= 11 is 18.8. The van der Waals surface area contributed by atoms with E-state index in [0.717, 1.165) is 10.7 Å². The van der Waals surface area contributed by atoms with Gasteiger partial charge < -0.3 is 5.32 Å². The molecule has 0 unspecified atom stereocenters. The van der Waals surface area contributed by atoms with Crippen LogP contribution < -0.4 is 5.32 Å². The van der Waals surface area contributed by atoms with E-state index in [1.807, 2.05) is 5.38 Å². The van der Waals surface area contributed by atoms with E-state index < -0.39 is 0 Å². The normalized spacial score (nSPS) is 10.5. The van der Waals surface area contributed by atoms with Crippen LogP contribution >= 0.6 is 46.1 Å². The number of carbonyl (C=O) groups is 1. The van der Waals surface area contributed by atoms with Gasteiger partial charge in [0.05, 0.1) is 18.0 Å². The number of benzene rings is 1. The van der Waals surface area contributed by atoms with Gasteiger partial charge in [0.25, 0.3) is 0 Å². The molecule has 100 valence electrons. The van der Waals surface area contributed by atoms with Gasteiger partial charge in [-0.15, -0.1) is 22.9 Å². The molecule has 1 N–H and O–H groups in total. The Balaban J connectivity index is 2.00. The zero-order valence-electron chi connectivity index (χ0n) is 9.62. The molecule has 0 saturated carbocycles. The second-order valence-electron chi connectivity index (χ2n) is 3.75. The first-order valence-electron chi connectivity index (χ1n) is 5.32. The van der Waals surface area contributed by atoms with Crippen molar-refractivity contribution in [3.8, 4) is 0 Å². The highest BCUT2D eigenvalue weighted by molar-refractivity contribution is 7.09. The van der Waals surface area contributed by atoms with Crippen LogP contribution in [0.25, 0.3) is 0 Å². The molecule has 0 aliphatic heterocycles. The number of halogens is 3. The SMILES string of the molecule is O=C(Cc1nc(CCl)cs1)Nc1cc(Cl)cc(Cl)c1. The number of hydrogen-bond donors (Lipinski definition) is 1. The Hall–Kier alpha value is -0.810. The van der Waals surface area contributed by atoms with Gasteiger partial charge in [0.2, 0.25) is 5.91 Å². The lowest BCUT2D eigenvalue weighted by Gasteiger charge is -2.05. The molecular weight excluding hydrogens is 327 g/mol. The van der Waals surface area contributed by atoms with Crippen LogP contribution in [0.3, 0.4) is 0 Å². The number of amides is 1. The van der Waals surface area contributed by atoms with Crippen LogP contribution in [0.4, 0.5) is 5.69 Å². The summed E-state index contributed by atoms with van der Waals surface area (Å²) in [6, 6.07) is 4.88. The van der Waals surface area contributed by atoms with Crippen LogP contribution in [-0.4, -0.2) is 10.9 Å². The van der Waals surface area contributed by atoms with Crippen LogP contribution in [0.2, 0.25) is 10.0 Å². The molecule has 0 saturated heterocycles. The summed E-state index contributed by atoms with van der Waals surface area (Å²) < 4.78 is 0. The minimum atomic E-state index is -0.172. The van der Waals surface area contributed by atoms with E-state index in [-0.39, 0.29) is 12.3 Å². The van der Waals surface area contributed by atoms with E-state index in [2.05, 4.69) is 10.3 Å². The highest BCUT2D eigenvalue weighted by atomic mass is 35.5. The van der Waals surface area contributed by atoms with Crippen LogP contribution in [0.1, 0.15) is 10.7 Å². The molecule has 2 rings (SSSR count). The second kappa shape index (κ2) is 6.57. The van der Waals surface area contributed by atoms with Crippen molar-refractivity contribution in [3.05, 3.63) is 44.3 Å². The summed E-state index contributed by atoms with van der Waals surface area (Å²) in [5, 5.41) is 6.23. The minimum Gasteiger partial charge on any atom is -0.326 e. The molecule has 19 heavy (non-hydrogen) atoms. The van der Waals surface area contributed by atoms with Crippen molar-refractivity contribution in [2.45, 2.75) is 12.3 Å². The number of rotatable bonds is 4. The monoisotopic (exact) mass is 334 g/mol. The number of hydrogen-bond acceptors (Lipinski definition) is 3. The molecule has 3 nitrogen and oxygen atoms in total. The molecule has 0 radical (unpaired) electrons. The van der Waals surface area contributed by atoms with E-state index >= 15 is 0 Å². The average molecular weight is 336 g/mol. The third-order valence-electron chi connectivity index (χ3n) is 2.19. The molecule has 7 heteroatoms. The van der Waals surface area contributed by atoms with Crippen molar-refractivity contribution < 1.29 is 4.79 Å². The Bertz CT molecular complexity index is 580. The molecule has 1 aromatic carbocycles. The van der Waals surface area contributed by atoms with Gasteiger partial charge in [0, 0.05) is 21.1 Å². The van der Waals surface area contributed by atoms with Gasteiger partial charge in [0.15, 0.2) is 0 Å². The summed E-state index contributed by atoms with van der Waals surface area (Å²) in [6.07, 6.45) is 0.200. The van der Waals surface area contributed by atoms with Gasteiger partial charge in [-0.05, 0) is 18.2 Å². The first kappa shape index (κ1) is 14.6. The number of aromatic nitrogens is 1. The van der Waals surface area contributed by atoms with Crippen molar-refractivity contribution in [1.29, 1.82) is 0 Å². The lowest BCUT2D eigenvalue weighted by molar-refractivity contribution is -0.115. The van der Waals surface area contributed by atoms with E-state index in [1.165, 1.54) is 11.3 Å². The van der Waals surface area contributed by atoms with Crippen molar-refractivity contribution in [2.24, 2.45) is 0 Å².